The van der Waals surface area contributed by atoms with Crippen LogP contribution in [0, 0.1) is 0 Å². The van der Waals surface area contributed by atoms with Gasteiger partial charge >= 0.3 is 0 Å². The van der Waals surface area contributed by atoms with Gasteiger partial charge in [-0.1, -0.05) is 12.1 Å². The van der Waals surface area contributed by atoms with Crippen LogP contribution in [0.25, 0.3) is 0 Å². The second-order valence-electron chi connectivity index (χ2n) is 3.78. The minimum atomic E-state index is 0.115. The van der Waals surface area contributed by atoms with Gasteiger partial charge in [-0.05, 0) is 18.6 Å². The van der Waals surface area contributed by atoms with Crippen molar-refractivity contribution in [2.75, 3.05) is 26.4 Å². The highest BCUT2D eigenvalue weighted by Crippen LogP contribution is 2.19. The normalized spacial score (nSPS) is 9.88. The van der Waals surface area contributed by atoms with E-state index in [0.29, 0.717) is 30.9 Å². The number of carbonyl (C=O) groups excluding carboxylic acids is 1. The Labute approximate surface area is 96.0 Å². The number of para-hydroxylation sites is 2. The van der Waals surface area contributed by atoms with Crippen LogP contribution >= 0.6 is 0 Å². The van der Waals surface area contributed by atoms with Crippen LogP contribution in [-0.2, 0) is 4.79 Å². The second kappa shape index (κ2) is 6.00. The van der Waals surface area contributed by atoms with Gasteiger partial charge in [-0.25, -0.2) is 0 Å². The summed E-state index contributed by atoms with van der Waals surface area (Å²) in [5.41, 5.74) is 6.34. The van der Waals surface area contributed by atoms with Gasteiger partial charge in [-0.2, -0.15) is 0 Å². The van der Waals surface area contributed by atoms with Gasteiger partial charge in [-0.15, -0.1) is 0 Å². The first kappa shape index (κ1) is 12.4. The fraction of sp³-hybridized carbons (Fsp3) is 0.417. The summed E-state index contributed by atoms with van der Waals surface area (Å²) in [5, 5.41) is 0. The Morgan fingerprint density at radius 3 is 2.69 bits per heavy atom. The van der Waals surface area contributed by atoms with Crippen molar-refractivity contribution in [3.63, 3.8) is 0 Å². The molecule has 0 bridgehead atoms. The molecule has 0 aliphatic rings. The van der Waals surface area contributed by atoms with Crippen molar-refractivity contribution >= 4 is 11.6 Å². The molecule has 2 N–H and O–H groups in total. The third-order valence-corrected chi connectivity index (χ3v) is 2.21. The van der Waals surface area contributed by atoms with Gasteiger partial charge < -0.3 is 15.4 Å². The fourth-order valence-electron chi connectivity index (χ4n) is 1.24. The molecule has 0 aliphatic carbocycles. The highest BCUT2D eigenvalue weighted by atomic mass is 16.5. The van der Waals surface area contributed by atoms with E-state index in [1.165, 1.54) is 0 Å². The van der Waals surface area contributed by atoms with Crippen LogP contribution in [0.4, 0.5) is 5.69 Å². The van der Waals surface area contributed by atoms with Gasteiger partial charge in [0.25, 0.3) is 0 Å². The molecule has 1 aromatic carbocycles. The third-order valence-electron chi connectivity index (χ3n) is 2.21. The lowest BCUT2D eigenvalue weighted by atomic mass is 10.3. The number of nitrogens with two attached hydrogens (primary N) is 1. The van der Waals surface area contributed by atoms with E-state index < -0.39 is 0 Å². The van der Waals surface area contributed by atoms with Crippen molar-refractivity contribution in [3.05, 3.63) is 24.3 Å². The summed E-state index contributed by atoms with van der Waals surface area (Å²) in [4.78, 5) is 12.8. The summed E-state index contributed by atoms with van der Waals surface area (Å²) in [7, 11) is 3.50. The Morgan fingerprint density at radius 2 is 2.06 bits per heavy atom. The number of amides is 1. The molecule has 0 radical (unpaired) electrons. The van der Waals surface area contributed by atoms with Crippen LogP contribution in [0.15, 0.2) is 24.3 Å². The molecule has 88 valence electrons. The second-order valence-corrected chi connectivity index (χ2v) is 3.78. The van der Waals surface area contributed by atoms with Crippen LogP contribution in [0.5, 0.6) is 5.75 Å². The van der Waals surface area contributed by atoms with Gasteiger partial charge in [0.1, 0.15) is 5.75 Å². The lowest BCUT2D eigenvalue weighted by Crippen LogP contribution is -2.21. The third kappa shape index (κ3) is 3.81. The molecule has 1 aromatic rings. The minimum Gasteiger partial charge on any atom is -0.491 e. The number of carbonyl (C=O) groups is 1. The Bertz CT molecular complexity index is 351. The van der Waals surface area contributed by atoms with E-state index in [2.05, 4.69) is 0 Å². The van der Waals surface area contributed by atoms with Crippen LogP contribution < -0.4 is 10.5 Å². The quantitative estimate of drug-likeness (QED) is 0.607. The molecule has 0 spiro atoms. The molecule has 1 amide bonds. The largest absolute Gasteiger partial charge is 0.491 e. The Balaban J connectivity index is 2.26. The first-order valence-corrected chi connectivity index (χ1v) is 5.28. The van der Waals surface area contributed by atoms with Crippen molar-refractivity contribution in [2.24, 2.45) is 0 Å². The first-order valence-electron chi connectivity index (χ1n) is 5.28. The number of nitrogen functional groups attached to an aromatic ring is 1. The van der Waals surface area contributed by atoms with Crippen molar-refractivity contribution in [1.29, 1.82) is 0 Å². The zero-order valence-electron chi connectivity index (χ0n) is 9.77. The molecule has 0 fully saturated rings. The van der Waals surface area contributed by atoms with Crippen molar-refractivity contribution in [1.82, 2.24) is 4.90 Å². The highest BCUT2D eigenvalue weighted by Gasteiger charge is 2.04. The Morgan fingerprint density at radius 1 is 1.38 bits per heavy atom. The van der Waals surface area contributed by atoms with E-state index in [9.17, 15) is 4.79 Å². The SMILES string of the molecule is CN(C)C(=O)CCCOc1ccccc1N. The average molecular weight is 222 g/mol. The van der Waals surface area contributed by atoms with E-state index in [4.69, 9.17) is 10.5 Å². The van der Waals surface area contributed by atoms with Crippen molar-refractivity contribution < 1.29 is 9.53 Å². The minimum absolute atomic E-state index is 0.115. The predicted octanol–water partition coefficient (Wildman–Crippen LogP) is 1.52. The predicted molar refractivity (Wildman–Crippen MR) is 64.3 cm³/mol. The molecule has 4 heteroatoms. The maximum Gasteiger partial charge on any atom is 0.222 e. The zero-order valence-corrected chi connectivity index (χ0v) is 9.77. The van der Waals surface area contributed by atoms with Crippen LogP contribution in [0.1, 0.15) is 12.8 Å². The van der Waals surface area contributed by atoms with E-state index in [-0.39, 0.29) is 5.91 Å². The van der Waals surface area contributed by atoms with Crippen LogP contribution in [0.2, 0.25) is 0 Å². The summed E-state index contributed by atoms with van der Waals surface area (Å²) in [6.07, 6.45) is 1.20. The molecule has 0 aromatic heterocycles. The number of anilines is 1. The van der Waals surface area contributed by atoms with E-state index in [0.717, 1.165) is 0 Å². The van der Waals surface area contributed by atoms with Crippen LogP contribution in [0.3, 0.4) is 0 Å². The number of hydrogen-bond acceptors (Lipinski definition) is 3. The van der Waals surface area contributed by atoms with Crippen molar-refractivity contribution in [2.45, 2.75) is 12.8 Å². The molecule has 0 atom stereocenters. The maximum absolute atomic E-state index is 11.3. The molecule has 4 nitrogen and oxygen atoms in total. The zero-order chi connectivity index (χ0) is 12.0. The summed E-state index contributed by atoms with van der Waals surface area (Å²) >= 11 is 0. The molecular weight excluding hydrogens is 204 g/mol. The topological polar surface area (TPSA) is 55.6 Å². The smallest absolute Gasteiger partial charge is 0.222 e. The number of rotatable bonds is 5. The standard InChI is InChI=1S/C12H18N2O2/c1-14(2)12(15)8-5-9-16-11-7-4-3-6-10(11)13/h3-4,6-7H,5,8-9,13H2,1-2H3. The van der Waals surface area contributed by atoms with Crippen molar-refractivity contribution in [3.8, 4) is 5.75 Å². The molecular formula is C12H18N2O2. The van der Waals surface area contributed by atoms with E-state index in [1.807, 2.05) is 18.2 Å². The van der Waals surface area contributed by atoms with Gasteiger partial charge in [0, 0.05) is 20.5 Å². The summed E-state index contributed by atoms with van der Waals surface area (Å²) < 4.78 is 5.47. The molecule has 0 unspecified atom stereocenters. The number of nitrogens with zero attached hydrogens (tertiary/aromatic N) is 1. The average Bonchev–Trinajstić information content (AvgIpc) is 2.26. The Hall–Kier alpha value is -1.71. The summed E-state index contributed by atoms with van der Waals surface area (Å²) in [6.45, 7) is 0.508. The van der Waals surface area contributed by atoms with Gasteiger partial charge in [0.2, 0.25) is 5.91 Å². The maximum atomic E-state index is 11.3. The highest BCUT2D eigenvalue weighted by molar-refractivity contribution is 5.75. The van der Waals surface area contributed by atoms with E-state index in [1.54, 1.807) is 25.1 Å². The van der Waals surface area contributed by atoms with E-state index >= 15 is 0 Å². The van der Waals surface area contributed by atoms with Crippen LogP contribution in [-0.4, -0.2) is 31.5 Å². The lowest BCUT2D eigenvalue weighted by Gasteiger charge is -2.11. The molecule has 0 aliphatic heterocycles. The molecule has 0 saturated heterocycles. The Kier molecular flexibility index (Phi) is 4.64. The fourth-order valence-corrected chi connectivity index (χ4v) is 1.24. The first-order chi connectivity index (χ1) is 7.61. The molecule has 1 rings (SSSR count). The molecule has 16 heavy (non-hydrogen) atoms. The summed E-state index contributed by atoms with van der Waals surface area (Å²) in [6, 6.07) is 7.35. The van der Waals surface area contributed by atoms with Gasteiger partial charge in [0.15, 0.2) is 0 Å². The molecule has 0 heterocycles. The van der Waals surface area contributed by atoms with Gasteiger partial charge in [-0.3, -0.25) is 4.79 Å². The number of ether oxygens (including phenoxy) is 1. The molecule has 0 saturated carbocycles. The number of benzene rings is 1. The van der Waals surface area contributed by atoms with Gasteiger partial charge in [0.05, 0.1) is 12.3 Å². The summed E-state index contributed by atoms with van der Waals surface area (Å²) in [5.74, 6) is 0.796. The lowest BCUT2D eigenvalue weighted by molar-refractivity contribution is -0.128. The monoisotopic (exact) mass is 222 g/mol. The number of hydrogen-bond donors (Lipinski definition) is 1.